The van der Waals surface area contributed by atoms with Crippen LogP contribution in [0.3, 0.4) is 0 Å². The Morgan fingerprint density at radius 3 is 2.40 bits per heavy atom. The molecule has 0 radical (unpaired) electrons. The summed E-state index contributed by atoms with van der Waals surface area (Å²) < 4.78 is 1.01. The molecule has 0 aromatic heterocycles. The molecule has 0 atom stereocenters. The Kier molecular flexibility index (Phi) is 2.37. The predicted molar refractivity (Wildman–Crippen MR) is 48.6 cm³/mol. The van der Waals surface area contributed by atoms with Crippen LogP contribution in [0.5, 0.6) is 0 Å². The molecule has 0 nitrogen and oxygen atoms in total. The smallest absolute Gasteiger partial charge is 0.0550 e. The highest BCUT2D eigenvalue weighted by Gasteiger charge is 2.01. The van der Waals surface area contributed by atoms with Crippen molar-refractivity contribution < 1.29 is 0 Å². The van der Waals surface area contributed by atoms with Gasteiger partial charge in [-0.2, -0.15) is 0 Å². The average Bonchev–Trinajstić information content (AvgIpc) is 1.93. The minimum absolute atomic E-state index is 0.781. The van der Waals surface area contributed by atoms with E-state index in [-0.39, 0.29) is 0 Å². The number of benzene rings is 1. The third kappa shape index (κ3) is 1.35. The lowest BCUT2D eigenvalue weighted by Crippen LogP contribution is -1.81. The number of aryl methyl sites for hydroxylation is 1. The van der Waals surface area contributed by atoms with Crippen molar-refractivity contribution >= 4 is 27.5 Å². The van der Waals surface area contributed by atoms with E-state index in [1.165, 1.54) is 11.1 Å². The Morgan fingerprint density at radius 2 is 1.90 bits per heavy atom. The first-order chi connectivity index (χ1) is 4.63. The molecule has 0 aliphatic rings. The molecule has 54 valence electrons. The first kappa shape index (κ1) is 8.09. The summed E-state index contributed by atoms with van der Waals surface area (Å²) in [5, 5.41) is 0.781. The molecule has 1 rings (SSSR count). The van der Waals surface area contributed by atoms with Gasteiger partial charge in [0.25, 0.3) is 0 Å². The summed E-state index contributed by atoms with van der Waals surface area (Å²) in [6.07, 6.45) is 0. The highest BCUT2D eigenvalue weighted by Crippen LogP contribution is 2.27. The molecule has 1 aromatic carbocycles. The number of hydrogen-bond acceptors (Lipinski definition) is 0. The van der Waals surface area contributed by atoms with Crippen LogP contribution in [0.25, 0.3) is 0 Å². The molecule has 0 bridgehead atoms. The quantitative estimate of drug-likeness (QED) is 0.624. The zero-order valence-corrected chi connectivity index (χ0v) is 8.25. The molecule has 0 saturated heterocycles. The Bertz CT molecular complexity index is 229. The molecule has 0 spiro atoms. The maximum absolute atomic E-state index is 5.84. The fourth-order valence-corrected chi connectivity index (χ4v) is 1.40. The fourth-order valence-electron chi connectivity index (χ4n) is 0.749. The van der Waals surface area contributed by atoms with Crippen LogP contribution in [-0.2, 0) is 0 Å². The summed E-state index contributed by atoms with van der Waals surface area (Å²) in [7, 11) is 0. The molecule has 0 heterocycles. The molecular weight excluding hydrogens is 211 g/mol. The van der Waals surface area contributed by atoms with Gasteiger partial charge in [-0.3, -0.25) is 0 Å². The lowest BCUT2D eigenvalue weighted by molar-refractivity contribution is 1.32. The normalized spacial score (nSPS) is 10.0. The standard InChI is InChI=1S/C8H8BrCl/c1-5-3-4-7(10)8(9)6(5)2/h3-4H,1-2H3. The van der Waals surface area contributed by atoms with Gasteiger partial charge < -0.3 is 0 Å². The van der Waals surface area contributed by atoms with Crippen molar-refractivity contribution in [3.8, 4) is 0 Å². The Morgan fingerprint density at radius 1 is 1.30 bits per heavy atom. The van der Waals surface area contributed by atoms with E-state index in [9.17, 15) is 0 Å². The van der Waals surface area contributed by atoms with Crippen LogP contribution < -0.4 is 0 Å². The second kappa shape index (κ2) is 2.93. The van der Waals surface area contributed by atoms with Gasteiger partial charge in [-0.05, 0) is 47.0 Å². The third-order valence-corrected chi connectivity index (χ3v) is 3.18. The van der Waals surface area contributed by atoms with Crippen molar-refractivity contribution in [2.75, 3.05) is 0 Å². The molecule has 0 unspecified atom stereocenters. The zero-order chi connectivity index (χ0) is 7.72. The summed E-state index contributed by atoms with van der Waals surface area (Å²) in [4.78, 5) is 0. The van der Waals surface area contributed by atoms with Crippen LogP contribution in [0.1, 0.15) is 11.1 Å². The van der Waals surface area contributed by atoms with Crippen LogP contribution in [0.2, 0.25) is 5.02 Å². The van der Waals surface area contributed by atoms with Crippen LogP contribution in [-0.4, -0.2) is 0 Å². The van der Waals surface area contributed by atoms with Crippen molar-refractivity contribution in [2.24, 2.45) is 0 Å². The summed E-state index contributed by atoms with van der Waals surface area (Å²) in [6, 6.07) is 3.91. The zero-order valence-electron chi connectivity index (χ0n) is 5.91. The van der Waals surface area contributed by atoms with Gasteiger partial charge in [0.15, 0.2) is 0 Å². The van der Waals surface area contributed by atoms with E-state index in [0.29, 0.717) is 0 Å². The van der Waals surface area contributed by atoms with Crippen molar-refractivity contribution in [2.45, 2.75) is 13.8 Å². The Hall–Kier alpha value is -0.0100. The second-order valence-electron chi connectivity index (χ2n) is 2.30. The van der Waals surface area contributed by atoms with Gasteiger partial charge in [0.05, 0.1) is 5.02 Å². The van der Waals surface area contributed by atoms with Crippen LogP contribution >= 0.6 is 27.5 Å². The maximum Gasteiger partial charge on any atom is 0.0550 e. The van der Waals surface area contributed by atoms with Gasteiger partial charge in [-0.15, -0.1) is 0 Å². The first-order valence-corrected chi connectivity index (χ1v) is 4.21. The van der Waals surface area contributed by atoms with E-state index in [1.54, 1.807) is 0 Å². The number of hydrogen-bond donors (Lipinski definition) is 0. The van der Waals surface area contributed by atoms with Gasteiger partial charge >= 0.3 is 0 Å². The topological polar surface area (TPSA) is 0 Å². The van der Waals surface area contributed by atoms with Crippen molar-refractivity contribution in [1.82, 2.24) is 0 Å². The number of rotatable bonds is 0. The molecule has 0 aliphatic carbocycles. The summed E-state index contributed by atoms with van der Waals surface area (Å²) in [5.74, 6) is 0. The fraction of sp³-hybridized carbons (Fsp3) is 0.250. The molecule has 0 aliphatic heterocycles. The Balaban J connectivity index is 3.34. The molecule has 0 saturated carbocycles. The summed E-state index contributed by atoms with van der Waals surface area (Å²) in [6.45, 7) is 4.11. The highest BCUT2D eigenvalue weighted by molar-refractivity contribution is 9.10. The van der Waals surface area contributed by atoms with Gasteiger partial charge in [-0.1, -0.05) is 17.7 Å². The first-order valence-electron chi connectivity index (χ1n) is 3.04. The molecule has 0 N–H and O–H groups in total. The van der Waals surface area contributed by atoms with Crippen molar-refractivity contribution in [3.63, 3.8) is 0 Å². The molecule has 1 aromatic rings. The largest absolute Gasteiger partial charge is 0.0831 e. The van der Waals surface area contributed by atoms with Crippen molar-refractivity contribution in [1.29, 1.82) is 0 Å². The third-order valence-electron chi connectivity index (χ3n) is 1.61. The highest BCUT2D eigenvalue weighted by atomic mass is 79.9. The van der Waals surface area contributed by atoms with E-state index < -0.39 is 0 Å². The molecule has 2 heteroatoms. The monoisotopic (exact) mass is 218 g/mol. The van der Waals surface area contributed by atoms with Crippen LogP contribution in [0.4, 0.5) is 0 Å². The average molecular weight is 220 g/mol. The van der Waals surface area contributed by atoms with E-state index in [4.69, 9.17) is 11.6 Å². The van der Waals surface area contributed by atoms with E-state index in [0.717, 1.165) is 9.50 Å². The van der Waals surface area contributed by atoms with Gasteiger partial charge in [-0.25, -0.2) is 0 Å². The van der Waals surface area contributed by atoms with E-state index >= 15 is 0 Å². The summed E-state index contributed by atoms with van der Waals surface area (Å²) in [5.41, 5.74) is 2.48. The second-order valence-corrected chi connectivity index (χ2v) is 3.50. The maximum atomic E-state index is 5.84. The predicted octanol–water partition coefficient (Wildman–Crippen LogP) is 3.72. The molecule has 0 amide bonds. The van der Waals surface area contributed by atoms with E-state index in [2.05, 4.69) is 22.9 Å². The van der Waals surface area contributed by atoms with Crippen LogP contribution in [0, 0.1) is 13.8 Å². The van der Waals surface area contributed by atoms with Gasteiger partial charge in [0, 0.05) is 4.47 Å². The minimum Gasteiger partial charge on any atom is -0.0831 e. The van der Waals surface area contributed by atoms with Gasteiger partial charge in [0.2, 0.25) is 0 Å². The minimum atomic E-state index is 0.781. The lowest BCUT2D eigenvalue weighted by atomic mass is 10.1. The number of halogens is 2. The Labute approximate surface area is 74.3 Å². The molecule has 0 fully saturated rings. The molecule has 10 heavy (non-hydrogen) atoms. The van der Waals surface area contributed by atoms with E-state index in [1.807, 2.05) is 19.1 Å². The lowest BCUT2D eigenvalue weighted by Gasteiger charge is -2.02. The van der Waals surface area contributed by atoms with Gasteiger partial charge in [0.1, 0.15) is 0 Å². The molecular formula is C8H8BrCl. The summed E-state index contributed by atoms with van der Waals surface area (Å²) >= 11 is 9.24. The SMILES string of the molecule is Cc1ccc(Cl)c(Br)c1C. The van der Waals surface area contributed by atoms with Crippen molar-refractivity contribution in [3.05, 3.63) is 32.8 Å². The van der Waals surface area contributed by atoms with Crippen LogP contribution in [0.15, 0.2) is 16.6 Å².